The Labute approximate surface area is 210 Å². The molecule has 0 aliphatic rings. The number of hydrogen-bond acceptors (Lipinski definition) is 0. The van der Waals surface area contributed by atoms with Crippen LogP contribution in [-0.2, 0) is 0 Å². The highest BCUT2D eigenvalue weighted by Gasteiger charge is 2.17. The van der Waals surface area contributed by atoms with Crippen LogP contribution in [0.3, 0.4) is 0 Å². The lowest BCUT2D eigenvalue weighted by Crippen LogP contribution is -1.83. The molecule has 0 atom stereocenters. The summed E-state index contributed by atoms with van der Waals surface area (Å²) < 4.78 is 6.53. The van der Waals surface area contributed by atoms with Gasteiger partial charge in [-0.1, -0.05) is 24.3 Å². The Kier molecular flexibility index (Phi) is 3.64. The third kappa shape index (κ3) is 2.32. The molecule has 0 fully saturated rings. The zero-order chi connectivity index (χ0) is 22.6. The molecule has 6 heterocycles. The van der Waals surface area contributed by atoms with Crippen molar-refractivity contribution in [2.75, 3.05) is 0 Å². The van der Waals surface area contributed by atoms with Gasteiger partial charge in [-0.05, 0) is 91.5 Å². The van der Waals surface area contributed by atoms with Gasteiger partial charge in [-0.25, -0.2) is 0 Å². The van der Waals surface area contributed by atoms with E-state index < -0.39 is 0 Å². The van der Waals surface area contributed by atoms with Crippen molar-refractivity contribution in [2.45, 2.75) is 0 Å². The smallest absolute Gasteiger partial charge is 0.0994 e. The first-order valence-electron chi connectivity index (χ1n) is 11.1. The first kappa shape index (κ1) is 18.9. The maximum Gasteiger partial charge on any atom is 0.0994 e. The van der Waals surface area contributed by atoms with Crippen LogP contribution in [0, 0.1) is 0 Å². The molecule has 2 aromatic carbocycles. The van der Waals surface area contributed by atoms with Crippen molar-refractivity contribution in [1.82, 2.24) is 18.8 Å². The Morgan fingerprint density at radius 1 is 0.559 bits per heavy atom. The van der Waals surface area contributed by atoms with Gasteiger partial charge in [0.25, 0.3) is 0 Å². The van der Waals surface area contributed by atoms with E-state index in [2.05, 4.69) is 136 Å². The topological polar surface area (TPSA) is 40.4 Å². The molecule has 162 valence electrons. The molecule has 0 bridgehead atoms. The minimum absolute atomic E-state index is 1.08. The summed E-state index contributed by atoms with van der Waals surface area (Å²) in [6.07, 6.45) is 4.18. The van der Waals surface area contributed by atoms with Crippen LogP contribution in [-0.4, -0.2) is 18.8 Å². The highest BCUT2D eigenvalue weighted by molar-refractivity contribution is 9.11. The van der Waals surface area contributed by atoms with Gasteiger partial charge in [0.1, 0.15) is 0 Å². The van der Waals surface area contributed by atoms with Crippen LogP contribution in [0.1, 0.15) is 0 Å². The summed E-state index contributed by atoms with van der Waals surface area (Å²) >= 11 is 7.69. The molecule has 0 saturated heterocycles. The van der Waals surface area contributed by atoms with E-state index in [0.717, 1.165) is 31.3 Å². The van der Waals surface area contributed by atoms with Crippen molar-refractivity contribution in [3.8, 4) is 11.1 Å². The standard InChI is InChI=1S/C28H16Br2N4/c29-27-23-17-13-15(7-9-19(17)31-25(23)21-5-1-3-11-33(21)27)16-8-10-20-18(14-16)24-26(32-20)22-6-2-4-12-34(22)28(24)30/h1-14,31-32H. The second-order valence-electron chi connectivity index (χ2n) is 8.76. The molecular weight excluding hydrogens is 552 g/mol. The van der Waals surface area contributed by atoms with Gasteiger partial charge in [-0.2, -0.15) is 0 Å². The van der Waals surface area contributed by atoms with E-state index in [-0.39, 0.29) is 0 Å². The fraction of sp³-hybridized carbons (Fsp3) is 0. The van der Waals surface area contributed by atoms with Gasteiger partial charge in [0.2, 0.25) is 0 Å². The second kappa shape index (κ2) is 6.56. The third-order valence-electron chi connectivity index (χ3n) is 7.00. The number of rotatable bonds is 1. The van der Waals surface area contributed by atoms with Crippen molar-refractivity contribution in [3.05, 3.63) is 94.4 Å². The number of hydrogen-bond donors (Lipinski definition) is 2. The summed E-state index contributed by atoms with van der Waals surface area (Å²) in [6.45, 7) is 0. The van der Waals surface area contributed by atoms with E-state index in [4.69, 9.17) is 0 Å². The van der Waals surface area contributed by atoms with Crippen LogP contribution in [0.2, 0.25) is 0 Å². The number of nitrogens with zero attached hydrogens (tertiary/aromatic N) is 2. The molecule has 4 nitrogen and oxygen atoms in total. The average molecular weight is 568 g/mol. The van der Waals surface area contributed by atoms with E-state index in [0.29, 0.717) is 0 Å². The van der Waals surface area contributed by atoms with Gasteiger partial charge in [0.15, 0.2) is 0 Å². The molecule has 0 saturated carbocycles. The lowest BCUT2D eigenvalue weighted by molar-refractivity contribution is 1.17. The molecule has 2 N–H and O–H groups in total. The van der Waals surface area contributed by atoms with Crippen LogP contribution >= 0.6 is 31.9 Å². The summed E-state index contributed by atoms with van der Waals surface area (Å²) in [6, 6.07) is 26.0. The number of aromatic nitrogens is 4. The number of pyridine rings is 2. The molecule has 8 rings (SSSR count). The van der Waals surface area contributed by atoms with Gasteiger partial charge in [-0.3, -0.25) is 0 Å². The van der Waals surface area contributed by atoms with Gasteiger partial charge in [0, 0.05) is 45.0 Å². The van der Waals surface area contributed by atoms with Crippen molar-refractivity contribution >= 4 is 86.5 Å². The Bertz CT molecular complexity index is 1950. The SMILES string of the molecule is Brc1c2c3cc(-c4ccc5[nH]c6c(c(Br)n7ccccc67)c5c4)ccc3[nH]c2c2ccccn12. The predicted molar refractivity (Wildman–Crippen MR) is 148 cm³/mol. The maximum absolute atomic E-state index is 3.84. The number of fused-ring (bicyclic) bond motifs is 10. The Morgan fingerprint density at radius 3 is 1.50 bits per heavy atom. The summed E-state index contributed by atoms with van der Waals surface area (Å²) in [7, 11) is 0. The second-order valence-corrected chi connectivity index (χ2v) is 10.3. The fourth-order valence-electron chi connectivity index (χ4n) is 5.43. The van der Waals surface area contributed by atoms with Crippen LogP contribution < -0.4 is 0 Å². The molecule has 0 radical (unpaired) electrons. The normalized spacial score (nSPS) is 12.4. The van der Waals surface area contributed by atoms with Gasteiger partial charge >= 0.3 is 0 Å². The molecular formula is C28H16Br2N4. The zero-order valence-electron chi connectivity index (χ0n) is 17.7. The van der Waals surface area contributed by atoms with E-state index >= 15 is 0 Å². The molecule has 0 aliphatic heterocycles. The van der Waals surface area contributed by atoms with Crippen molar-refractivity contribution < 1.29 is 0 Å². The zero-order valence-corrected chi connectivity index (χ0v) is 20.9. The highest BCUT2D eigenvalue weighted by Crippen LogP contribution is 2.40. The van der Waals surface area contributed by atoms with Crippen molar-refractivity contribution in [1.29, 1.82) is 0 Å². The van der Waals surface area contributed by atoms with Crippen LogP contribution in [0.5, 0.6) is 0 Å². The monoisotopic (exact) mass is 566 g/mol. The average Bonchev–Trinajstić information content (AvgIpc) is 3.59. The van der Waals surface area contributed by atoms with E-state index in [1.807, 2.05) is 0 Å². The Hall–Kier alpha value is -3.48. The molecule has 6 aromatic heterocycles. The quantitative estimate of drug-likeness (QED) is 0.199. The van der Waals surface area contributed by atoms with Crippen LogP contribution in [0.4, 0.5) is 0 Å². The van der Waals surface area contributed by atoms with Gasteiger partial charge < -0.3 is 18.8 Å². The van der Waals surface area contributed by atoms with Gasteiger partial charge in [-0.15, -0.1) is 0 Å². The number of H-pyrrole nitrogens is 2. The van der Waals surface area contributed by atoms with Crippen molar-refractivity contribution in [3.63, 3.8) is 0 Å². The Morgan fingerprint density at radius 2 is 1.03 bits per heavy atom. The summed E-state index contributed by atoms with van der Waals surface area (Å²) in [4.78, 5) is 7.26. The fourth-order valence-corrected chi connectivity index (χ4v) is 6.87. The van der Waals surface area contributed by atoms with Gasteiger partial charge in [0.05, 0.1) is 31.3 Å². The molecule has 0 unspecified atom stereocenters. The number of benzene rings is 2. The van der Waals surface area contributed by atoms with E-state index in [1.165, 1.54) is 43.7 Å². The lowest BCUT2D eigenvalue weighted by Gasteiger charge is -2.04. The molecule has 8 aromatic rings. The molecule has 0 spiro atoms. The van der Waals surface area contributed by atoms with Crippen LogP contribution in [0.15, 0.2) is 94.4 Å². The van der Waals surface area contributed by atoms with Crippen LogP contribution in [0.25, 0.3) is 65.8 Å². The minimum Gasteiger partial charge on any atom is -0.353 e. The minimum atomic E-state index is 1.08. The summed E-state index contributed by atoms with van der Waals surface area (Å²) in [5, 5.41) is 4.88. The number of aromatic amines is 2. The summed E-state index contributed by atoms with van der Waals surface area (Å²) in [5.74, 6) is 0. The predicted octanol–water partition coefficient (Wildman–Crippen LogP) is 8.65. The lowest BCUT2D eigenvalue weighted by atomic mass is 10.0. The van der Waals surface area contributed by atoms with E-state index in [9.17, 15) is 0 Å². The van der Waals surface area contributed by atoms with Crippen molar-refractivity contribution in [2.24, 2.45) is 0 Å². The summed E-state index contributed by atoms with van der Waals surface area (Å²) in [5.41, 5.74) is 9.35. The molecule has 0 amide bonds. The number of halogens is 2. The molecule has 6 heteroatoms. The third-order valence-corrected chi connectivity index (χ3v) is 8.56. The number of nitrogens with one attached hydrogen (secondary N) is 2. The van der Waals surface area contributed by atoms with E-state index in [1.54, 1.807) is 0 Å². The Balaban J connectivity index is 1.40. The molecule has 34 heavy (non-hydrogen) atoms. The first-order chi connectivity index (χ1) is 16.7. The largest absolute Gasteiger partial charge is 0.353 e. The maximum atomic E-state index is 3.84. The first-order valence-corrected chi connectivity index (χ1v) is 12.7. The highest BCUT2D eigenvalue weighted by atomic mass is 79.9. The molecule has 0 aliphatic carbocycles.